The number of aryl methyl sites for hydroxylation is 2. The Morgan fingerprint density at radius 2 is 1.59 bits per heavy atom. The maximum absolute atomic E-state index is 13.5. The van der Waals surface area contributed by atoms with E-state index in [2.05, 4.69) is 0 Å². The predicted molar refractivity (Wildman–Crippen MR) is 143 cm³/mol. The maximum Gasteiger partial charge on any atom is 0.300 e. The van der Waals surface area contributed by atoms with Crippen LogP contribution in [0.4, 0.5) is 5.69 Å². The van der Waals surface area contributed by atoms with Gasteiger partial charge >= 0.3 is 0 Å². The molecule has 4 rings (SSSR count). The van der Waals surface area contributed by atoms with Crippen LogP contribution in [0.2, 0.25) is 5.02 Å². The third-order valence-corrected chi connectivity index (χ3v) is 6.47. The molecule has 37 heavy (non-hydrogen) atoms. The molecule has 1 aliphatic rings. The Balaban J connectivity index is 1.99. The van der Waals surface area contributed by atoms with Crippen LogP contribution in [0.1, 0.15) is 35.2 Å². The molecule has 1 unspecified atom stereocenters. The number of nitrogens with zero attached hydrogens (tertiary/aromatic N) is 1. The first-order valence-electron chi connectivity index (χ1n) is 11.7. The number of amides is 1. The van der Waals surface area contributed by atoms with Gasteiger partial charge in [-0.2, -0.15) is 0 Å². The van der Waals surface area contributed by atoms with Crippen molar-refractivity contribution in [2.75, 3.05) is 25.7 Å². The van der Waals surface area contributed by atoms with Gasteiger partial charge in [0.1, 0.15) is 11.5 Å². The largest absolute Gasteiger partial charge is 0.507 e. The van der Waals surface area contributed by atoms with E-state index in [1.807, 2.05) is 39.0 Å². The molecule has 0 aromatic heterocycles. The number of halogens is 1. The fourth-order valence-corrected chi connectivity index (χ4v) is 4.79. The SMILES string of the molecule is CCOc1cc(C2/C(=C(/O)c3ccc(Cl)c(OC)c3)C(=O)C(=O)N2c2cc(C)cc(C)c2)ccc1OC. The number of hydrogen-bond donors (Lipinski definition) is 1. The van der Waals surface area contributed by atoms with E-state index >= 15 is 0 Å². The number of aliphatic hydroxyl groups is 1. The molecule has 0 aliphatic carbocycles. The summed E-state index contributed by atoms with van der Waals surface area (Å²) in [6.45, 7) is 6.08. The molecule has 0 bridgehead atoms. The van der Waals surface area contributed by atoms with Gasteiger partial charge in [0.2, 0.25) is 0 Å². The highest BCUT2D eigenvalue weighted by molar-refractivity contribution is 6.51. The Bertz CT molecular complexity index is 1390. The number of hydrogen-bond acceptors (Lipinski definition) is 6. The van der Waals surface area contributed by atoms with Crippen molar-refractivity contribution in [2.45, 2.75) is 26.8 Å². The van der Waals surface area contributed by atoms with E-state index in [-0.39, 0.29) is 11.3 Å². The summed E-state index contributed by atoms with van der Waals surface area (Å²) in [6.07, 6.45) is 0. The molecule has 1 N–H and O–H groups in total. The average molecular weight is 522 g/mol. The van der Waals surface area contributed by atoms with E-state index in [4.69, 9.17) is 25.8 Å². The number of aliphatic hydroxyl groups excluding tert-OH is 1. The van der Waals surface area contributed by atoms with E-state index in [0.29, 0.717) is 45.7 Å². The van der Waals surface area contributed by atoms with Crippen LogP contribution in [0.3, 0.4) is 0 Å². The molecule has 192 valence electrons. The topological polar surface area (TPSA) is 85.3 Å². The molecule has 7 nitrogen and oxygen atoms in total. The molecule has 0 saturated carbocycles. The number of carbonyl (C=O) groups is 2. The van der Waals surface area contributed by atoms with Crippen molar-refractivity contribution >= 4 is 34.7 Å². The number of carbonyl (C=O) groups excluding carboxylic acids is 2. The highest BCUT2D eigenvalue weighted by Gasteiger charge is 2.47. The quantitative estimate of drug-likeness (QED) is 0.233. The summed E-state index contributed by atoms with van der Waals surface area (Å²) in [5.41, 5.74) is 3.23. The zero-order chi connectivity index (χ0) is 26.9. The first kappa shape index (κ1) is 26.1. The molecule has 1 atom stereocenters. The van der Waals surface area contributed by atoms with Crippen LogP contribution in [-0.4, -0.2) is 37.6 Å². The number of anilines is 1. The number of ketones is 1. The lowest BCUT2D eigenvalue weighted by Gasteiger charge is -2.27. The molecule has 1 saturated heterocycles. The summed E-state index contributed by atoms with van der Waals surface area (Å²) in [7, 11) is 2.99. The van der Waals surface area contributed by atoms with Crippen LogP contribution in [0.25, 0.3) is 5.76 Å². The van der Waals surface area contributed by atoms with Gasteiger partial charge in [0.05, 0.1) is 37.5 Å². The second kappa shape index (κ2) is 10.6. The number of benzene rings is 3. The lowest BCUT2D eigenvalue weighted by Crippen LogP contribution is -2.29. The molecular formula is C29H28ClNO6. The summed E-state index contributed by atoms with van der Waals surface area (Å²) in [6, 6.07) is 14.6. The Morgan fingerprint density at radius 1 is 0.919 bits per heavy atom. The second-order valence-corrected chi connectivity index (χ2v) is 9.11. The van der Waals surface area contributed by atoms with Crippen LogP contribution in [-0.2, 0) is 9.59 Å². The standard InChI is InChI=1S/C29H28ClNO6/c1-6-37-24-14-18(8-10-22(24)35-4)26-25(27(32)19-7-9-21(30)23(15-19)36-5)28(33)29(34)31(26)20-12-16(2)11-17(3)13-20/h7-15,26,32H,6H2,1-5H3/b27-25-. The van der Waals surface area contributed by atoms with Crippen LogP contribution in [0.5, 0.6) is 17.2 Å². The maximum atomic E-state index is 13.5. The molecule has 1 fully saturated rings. The summed E-state index contributed by atoms with van der Waals surface area (Å²) in [5, 5.41) is 11.8. The minimum Gasteiger partial charge on any atom is -0.507 e. The second-order valence-electron chi connectivity index (χ2n) is 8.71. The highest BCUT2D eigenvalue weighted by atomic mass is 35.5. The van der Waals surface area contributed by atoms with Gasteiger partial charge in [-0.05, 0) is 79.9 Å². The lowest BCUT2D eigenvalue weighted by molar-refractivity contribution is -0.132. The van der Waals surface area contributed by atoms with Crippen molar-refractivity contribution in [3.63, 3.8) is 0 Å². The predicted octanol–water partition coefficient (Wildman–Crippen LogP) is 6.00. The van der Waals surface area contributed by atoms with Crippen molar-refractivity contribution in [3.8, 4) is 17.2 Å². The van der Waals surface area contributed by atoms with Crippen LogP contribution in [0.15, 0.2) is 60.2 Å². The molecule has 1 heterocycles. The lowest BCUT2D eigenvalue weighted by atomic mass is 9.94. The molecule has 1 amide bonds. The van der Waals surface area contributed by atoms with E-state index in [1.165, 1.54) is 25.2 Å². The van der Waals surface area contributed by atoms with Crippen molar-refractivity contribution in [1.29, 1.82) is 0 Å². The van der Waals surface area contributed by atoms with Gasteiger partial charge < -0.3 is 19.3 Å². The van der Waals surface area contributed by atoms with Crippen molar-refractivity contribution in [2.24, 2.45) is 0 Å². The van der Waals surface area contributed by atoms with E-state index in [0.717, 1.165) is 11.1 Å². The van der Waals surface area contributed by atoms with Gasteiger partial charge in [0.15, 0.2) is 11.5 Å². The number of ether oxygens (including phenoxy) is 3. The highest BCUT2D eigenvalue weighted by Crippen LogP contribution is 2.45. The summed E-state index contributed by atoms with van der Waals surface area (Å²) in [4.78, 5) is 28.4. The van der Waals surface area contributed by atoms with Crippen molar-refractivity contribution < 1.29 is 28.9 Å². The minimum absolute atomic E-state index is 0.0545. The van der Waals surface area contributed by atoms with Gasteiger partial charge in [-0.25, -0.2) is 0 Å². The third kappa shape index (κ3) is 4.87. The molecule has 3 aromatic rings. The normalized spacial score (nSPS) is 16.7. The monoisotopic (exact) mass is 521 g/mol. The van der Waals surface area contributed by atoms with Crippen LogP contribution >= 0.6 is 11.6 Å². The van der Waals surface area contributed by atoms with Gasteiger partial charge in [0, 0.05) is 11.3 Å². The van der Waals surface area contributed by atoms with Gasteiger partial charge in [0.25, 0.3) is 11.7 Å². The Kier molecular flexibility index (Phi) is 7.45. The summed E-state index contributed by atoms with van der Waals surface area (Å²) in [5.74, 6) is -0.582. The summed E-state index contributed by atoms with van der Waals surface area (Å²) >= 11 is 6.17. The van der Waals surface area contributed by atoms with E-state index in [9.17, 15) is 14.7 Å². The minimum atomic E-state index is -0.923. The zero-order valence-corrected chi connectivity index (χ0v) is 22.1. The number of methoxy groups -OCH3 is 2. The zero-order valence-electron chi connectivity index (χ0n) is 21.3. The third-order valence-electron chi connectivity index (χ3n) is 6.16. The smallest absolute Gasteiger partial charge is 0.300 e. The number of rotatable bonds is 7. The van der Waals surface area contributed by atoms with Crippen LogP contribution < -0.4 is 19.1 Å². The Hall–Kier alpha value is -3.97. The average Bonchev–Trinajstić information content (AvgIpc) is 3.13. The van der Waals surface area contributed by atoms with Gasteiger partial charge in [-0.1, -0.05) is 23.7 Å². The van der Waals surface area contributed by atoms with Gasteiger partial charge in [-0.3, -0.25) is 14.5 Å². The van der Waals surface area contributed by atoms with E-state index in [1.54, 1.807) is 30.3 Å². The molecular weight excluding hydrogens is 494 g/mol. The van der Waals surface area contributed by atoms with Crippen molar-refractivity contribution in [1.82, 2.24) is 0 Å². The summed E-state index contributed by atoms with van der Waals surface area (Å²) < 4.78 is 16.5. The molecule has 8 heteroatoms. The molecule has 3 aromatic carbocycles. The fourth-order valence-electron chi connectivity index (χ4n) is 4.60. The number of Topliss-reactive ketones (excluding diaryl/α,β-unsaturated/α-hetero) is 1. The molecule has 1 aliphatic heterocycles. The molecule has 0 radical (unpaired) electrons. The van der Waals surface area contributed by atoms with Crippen molar-refractivity contribution in [3.05, 3.63) is 87.4 Å². The van der Waals surface area contributed by atoms with Crippen LogP contribution in [0, 0.1) is 13.8 Å². The van der Waals surface area contributed by atoms with E-state index < -0.39 is 17.7 Å². The Labute approximate surface area is 220 Å². The first-order chi connectivity index (χ1) is 17.7. The first-order valence-corrected chi connectivity index (χ1v) is 12.1. The van der Waals surface area contributed by atoms with Gasteiger partial charge in [-0.15, -0.1) is 0 Å². The Morgan fingerprint density at radius 3 is 2.22 bits per heavy atom. The molecule has 0 spiro atoms. The fraction of sp³-hybridized carbons (Fsp3) is 0.241.